The second kappa shape index (κ2) is 9.94. The predicted molar refractivity (Wildman–Crippen MR) is 133 cm³/mol. The summed E-state index contributed by atoms with van der Waals surface area (Å²) in [4.78, 5) is 26.8. The molecule has 0 saturated carbocycles. The Kier molecular flexibility index (Phi) is 6.84. The first-order chi connectivity index (χ1) is 17.6. The van der Waals surface area contributed by atoms with Crippen LogP contribution in [0.1, 0.15) is 46.7 Å². The minimum Gasteiger partial charge on any atom is -0.378 e. The zero-order valence-corrected chi connectivity index (χ0v) is 21.2. The van der Waals surface area contributed by atoms with Crippen LogP contribution in [0.2, 0.25) is 0 Å². The monoisotopic (exact) mass is 516 g/mol. The number of halogens is 3. The van der Waals surface area contributed by atoms with E-state index in [0.717, 1.165) is 11.8 Å². The third kappa shape index (κ3) is 5.15. The van der Waals surface area contributed by atoms with Gasteiger partial charge in [0.05, 0.1) is 36.4 Å². The normalized spacial score (nSPS) is 21.0. The number of fused-ring (bicyclic) bond motifs is 1. The number of morpholine rings is 1. The van der Waals surface area contributed by atoms with Gasteiger partial charge in [-0.05, 0) is 38.0 Å². The predicted octanol–water partition coefficient (Wildman–Crippen LogP) is 3.31. The van der Waals surface area contributed by atoms with Gasteiger partial charge in [0.2, 0.25) is 5.78 Å². The van der Waals surface area contributed by atoms with E-state index in [-0.39, 0.29) is 35.7 Å². The molecular formula is C26H31F3N6O2. The maximum atomic E-state index is 13.8. The number of benzene rings is 1. The summed E-state index contributed by atoms with van der Waals surface area (Å²) < 4.78 is 48.1. The number of alkyl halides is 3. The molecule has 1 N–H and O–H groups in total. The summed E-state index contributed by atoms with van der Waals surface area (Å²) in [6, 6.07) is 4.40. The topological polar surface area (TPSA) is 75.0 Å². The molecule has 11 heteroatoms. The molecule has 2 aliphatic rings. The van der Waals surface area contributed by atoms with E-state index in [0.29, 0.717) is 56.4 Å². The summed E-state index contributed by atoms with van der Waals surface area (Å²) in [5.74, 6) is 0.106. The Balaban J connectivity index is 1.60. The van der Waals surface area contributed by atoms with Crippen LogP contribution in [0.4, 0.5) is 18.9 Å². The van der Waals surface area contributed by atoms with Gasteiger partial charge in [0.15, 0.2) is 5.69 Å². The van der Waals surface area contributed by atoms with E-state index in [1.807, 2.05) is 20.0 Å². The minimum absolute atomic E-state index is 0.115. The van der Waals surface area contributed by atoms with Crippen LogP contribution in [0.3, 0.4) is 0 Å². The van der Waals surface area contributed by atoms with Gasteiger partial charge in [-0.15, -0.1) is 0 Å². The second-order valence-electron chi connectivity index (χ2n) is 9.93. The van der Waals surface area contributed by atoms with Gasteiger partial charge < -0.3 is 19.9 Å². The lowest BCUT2D eigenvalue weighted by atomic mass is 9.97. The number of piperazine rings is 1. The number of hydrogen-bond acceptors (Lipinski definition) is 6. The maximum Gasteiger partial charge on any atom is 0.416 e. The molecule has 8 nitrogen and oxygen atoms in total. The molecule has 2 atom stereocenters. The number of nitrogens with one attached hydrogen (secondary N) is 1. The summed E-state index contributed by atoms with van der Waals surface area (Å²) >= 11 is 0. The molecule has 2 aliphatic heterocycles. The quantitative estimate of drug-likeness (QED) is 0.574. The number of imidazole rings is 1. The van der Waals surface area contributed by atoms with Gasteiger partial charge in [0.25, 0.3) is 5.91 Å². The molecule has 0 bridgehead atoms. The zero-order valence-electron chi connectivity index (χ0n) is 21.2. The lowest BCUT2D eigenvalue weighted by Gasteiger charge is -2.36. The largest absolute Gasteiger partial charge is 0.416 e. The van der Waals surface area contributed by atoms with E-state index in [9.17, 15) is 18.0 Å². The molecule has 37 heavy (non-hydrogen) atoms. The number of hydrogen-bond donors (Lipinski definition) is 1. The number of carbonyl (C=O) groups excluding carboxylic acids is 1. The van der Waals surface area contributed by atoms with Gasteiger partial charge in [-0.25, -0.2) is 9.97 Å². The van der Waals surface area contributed by atoms with E-state index < -0.39 is 11.7 Å². The second-order valence-corrected chi connectivity index (χ2v) is 9.93. The van der Waals surface area contributed by atoms with Crippen LogP contribution in [0.25, 0.3) is 5.78 Å². The molecule has 2 unspecified atom stereocenters. The summed E-state index contributed by atoms with van der Waals surface area (Å²) in [5, 5.41) is 3.41. The minimum atomic E-state index is -4.46. The highest BCUT2D eigenvalue weighted by Gasteiger charge is 2.34. The summed E-state index contributed by atoms with van der Waals surface area (Å²) in [5.41, 5.74) is 1.56. The van der Waals surface area contributed by atoms with Crippen molar-refractivity contribution in [2.45, 2.75) is 45.5 Å². The lowest BCUT2D eigenvalue weighted by molar-refractivity contribution is -0.138. The Hall–Kier alpha value is -3.18. The van der Waals surface area contributed by atoms with Crippen LogP contribution in [-0.2, 0) is 17.3 Å². The first-order valence-electron chi connectivity index (χ1n) is 12.5. The summed E-state index contributed by atoms with van der Waals surface area (Å²) in [6.07, 6.45) is -0.755. The Morgan fingerprint density at radius 2 is 1.86 bits per heavy atom. The van der Waals surface area contributed by atoms with Gasteiger partial charge in [0, 0.05) is 50.9 Å². The number of nitrogens with zero attached hydrogens (tertiary/aromatic N) is 5. The molecule has 0 radical (unpaired) electrons. The Morgan fingerprint density at radius 3 is 2.54 bits per heavy atom. The highest BCUT2D eigenvalue weighted by atomic mass is 19.4. The third-order valence-corrected chi connectivity index (χ3v) is 7.10. The van der Waals surface area contributed by atoms with Gasteiger partial charge >= 0.3 is 6.18 Å². The fraction of sp³-hybridized carbons (Fsp3) is 0.500. The SMILES string of the molecule is Cc1c(Cc2c(C(=O)N3CC(C)NC(C)C3)nc3ncc(N4CCOCC4)cn23)cccc1C(F)(F)F. The number of anilines is 1. The molecule has 0 spiro atoms. The molecule has 4 heterocycles. The van der Waals surface area contributed by atoms with Crippen LogP contribution >= 0.6 is 0 Å². The van der Waals surface area contributed by atoms with Crippen molar-refractivity contribution in [1.29, 1.82) is 0 Å². The molecule has 3 aromatic rings. The highest BCUT2D eigenvalue weighted by Crippen LogP contribution is 2.34. The molecule has 2 fully saturated rings. The van der Waals surface area contributed by atoms with E-state index in [1.54, 1.807) is 21.6 Å². The van der Waals surface area contributed by atoms with Crippen LogP contribution in [0, 0.1) is 6.92 Å². The molecule has 198 valence electrons. The van der Waals surface area contributed by atoms with E-state index in [1.165, 1.54) is 13.0 Å². The van der Waals surface area contributed by atoms with E-state index in [4.69, 9.17) is 4.74 Å². The molecule has 0 aliphatic carbocycles. The van der Waals surface area contributed by atoms with Crippen molar-refractivity contribution in [3.05, 3.63) is 58.7 Å². The van der Waals surface area contributed by atoms with E-state index in [2.05, 4.69) is 20.2 Å². The molecule has 5 rings (SSSR count). The lowest BCUT2D eigenvalue weighted by Crippen LogP contribution is -2.56. The third-order valence-electron chi connectivity index (χ3n) is 7.10. The molecule has 1 aromatic carbocycles. The van der Waals surface area contributed by atoms with Crippen LogP contribution < -0.4 is 10.2 Å². The van der Waals surface area contributed by atoms with Crippen molar-refractivity contribution in [3.8, 4) is 0 Å². The number of rotatable bonds is 4. The average Bonchev–Trinajstić information content (AvgIpc) is 3.21. The Morgan fingerprint density at radius 1 is 1.16 bits per heavy atom. The molecular weight excluding hydrogens is 485 g/mol. The van der Waals surface area contributed by atoms with Crippen molar-refractivity contribution in [2.75, 3.05) is 44.3 Å². The van der Waals surface area contributed by atoms with Crippen molar-refractivity contribution >= 4 is 17.4 Å². The molecule has 1 amide bonds. The van der Waals surface area contributed by atoms with Crippen molar-refractivity contribution in [2.24, 2.45) is 0 Å². The Labute approximate surface area is 213 Å². The average molecular weight is 517 g/mol. The van der Waals surface area contributed by atoms with Gasteiger partial charge in [0.1, 0.15) is 0 Å². The first kappa shape index (κ1) is 25.5. The van der Waals surface area contributed by atoms with Crippen LogP contribution in [0.15, 0.2) is 30.6 Å². The fourth-order valence-electron chi connectivity index (χ4n) is 5.30. The van der Waals surface area contributed by atoms with Crippen LogP contribution in [0.5, 0.6) is 0 Å². The first-order valence-corrected chi connectivity index (χ1v) is 12.5. The van der Waals surface area contributed by atoms with Crippen molar-refractivity contribution < 1.29 is 22.7 Å². The number of ether oxygens (including phenoxy) is 1. The smallest absolute Gasteiger partial charge is 0.378 e. The maximum absolute atomic E-state index is 13.8. The number of amides is 1. The van der Waals surface area contributed by atoms with Crippen LogP contribution in [-0.4, -0.2) is 76.7 Å². The summed E-state index contributed by atoms with van der Waals surface area (Å²) in [6.45, 7) is 9.14. The van der Waals surface area contributed by atoms with Gasteiger partial charge in [-0.1, -0.05) is 12.1 Å². The molecule has 2 saturated heterocycles. The zero-order chi connectivity index (χ0) is 26.3. The standard InChI is InChI=1S/C26H31F3N6O2/c1-16-13-34(14-17(2)31-16)24(36)23-22(11-19-5-4-6-21(18(19)3)26(27,28)29)35-15-20(12-30-25(35)32-23)33-7-9-37-10-8-33/h4-6,12,15-17,31H,7-11,13-14H2,1-3H3. The van der Waals surface area contributed by atoms with Crippen molar-refractivity contribution in [1.82, 2.24) is 24.6 Å². The van der Waals surface area contributed by atoms with Gasteiger partial charge in [-0.3, -0.25) is 9.20 Å². The molecule has 2 aromatic heterocycles. The number of carbonyl (C=O) groups is 1. The highest BCUT2D eigenvalue weighted by molar-refractivity contribution is 5.94. The Bertz CT molecular complexity index is 1290. The fourth-order valence-corrected chi connectivity index (χ4v) is 5.30. The van der Waals surface area contributed by atoms with E-state index >= 15 is 0 Å². The summed E-state index contributed by atoms with van der Waals surface area (Å²) in [7, 11) is 0. The van der Waals surface area contributed by atoms with Gasteiger partial charge in [-0.2, -0.15) is 13.2 Å². The number of aromatic nitrogens is 3. The van der Waals surface area contributed by atoms with Crippen molar-refractivity contribution in [3.63, 3.8) is 0 Å².